The van der Waals surface area contributed by atoms with Crippen LogP contribution in [0.15, 0.2) is 6.07 Å². The molecule has 0 aliphatic carbocycles. The lowest BCUT2D eigenvalue weighted by atomic mass is 10.4. The van der Waals surface area contributed by atoms with Crippen LogP contribution in [-0.4, -0.2) is 25.7 Å². The number of aromatic carboxylic acids is 1. The van der Waals surface area contributed by atoms with Crippen molar-refractivity contribution in [2.75, 3.05) is 11.0 Å². The van der Waals surface area contributed by atoms with Crippen LogP contribution in [0.4, 0.5) is 5.69 Å². The van der Waals surface area contributed by atoms with E-state index in [1.807, 2.05) is 0 Å². The maximum absolute atomic E-state index is 10.9. The van der Waals surface area contributed by atoms with Gasteiger partial charge in [0.25, 0.3) is 0 Å². The van der Waals surface area contributed by atoms with Gasteiger partial charge < -0.3 is 5.11 Å². The molecule has 0 atom stereocenters. The minimum atomic E-state index is -3.43. The van der Waals surface area contributed by atoms with Gasteiger partial charge in [0.1, 0.15) is 4.88 Å². The number of carboxylic acids is 1. The average Bonchev–Trinajstić information content (AvgIpc) is 2.27. The van der Waals surface area contributed by atoms with Crippen LogP contribution >= 0.6 is 11.3 Å². The van der Waals surface area contributed by atoms with Crippen molar-refractivity contribution < 1.29 is 18.3 Å². The van der Waals surface area contributed by atoms with Crippen LogP contribution in [-0.2, 0) is 10.0 Å². The zero-order chi connectivity index (χ0) is 10.9. The number of nitrogens with one attached hydrogen (secondary N) is 1. The SMILES string of the molecule is Cc1cc(NS(C)(=O)=O)c(C(=O)O)s1. The Kier molecular flexibility index (Phi) is 2.81. The maximum Gasteiger partial charge on any atom is 0.348 e. The van der Waals surface area contributed by atoms with Crippen LogP contribution in [0, 0.1) is 6.92 Å². The lowest BCUT2D eigenvalue weighted by molar-refractivity contribution is 0.0703. The third kappa shape index (κ3) is 2.71. The van der Waals surface area contributed by atoms with Gasteiger partial charge in [0.2, 0.25) is 10.0 Å². The lowest BCUT2D eigenvalue weighted by Crippen LogP contribution is -2.11. The second-order valence-corrected chi connectivity index (χ2v) is 5.78. The molecule has 0 radical (unpaired) electrons. The fraction of sp³-hybridized carbons (Fsp3) is 0.286. The van der Waals surface area contributed by atoms with Gasteiger partial charge in [-0.15, -0.1) is 11.3 Å². The fourth-order valence-corrected chi connectivity index (χ4v) is 2.38. The number of thiophene rings is 1. The number of hydrogen-bond acceptors (Lipinski definition) is 4. The second-order valence-electron chi connectivity index (χ2n) is 2.78. The summed E-state index contributed by atoms with van der Waals surface area (Å²) in [7, 11) is -3.43. The summed E-state index contributed by atoms with van der Waals surface area (Å²) in [6.45, 7) is 1.71. The molecule has 2 N–H and O–H groups in total. The van der Waals surface area contributed by atoms with Gasteiger partial charge in [-0.3, -0.25) is 4.72 Å². The number of aryl methyl sites for hydroxylation is 1. The molecule has 1 aromatic heterocycles. The second kappa shape index (κ2) is 3.58. The molecular formula is C7H9NO4S2. The van der Waals surface area contributed by atoms with Gasteiger partial charge in [-0.05, 0) is 13.0 Å². The van der Waals surface area contributed by atoms with E-state index in [9.17, 15) is 13.2 Å². The molecule has 0 bridgehead atoms. The van der Waals surface area contributed by atoms with E-state index in [0.29, 0.717) is 0 Å². The molecule has 0 spiro atoms. The highest BCUT2D eigenvalue weighted by Crippen LogP contribution is 2.27. The first kappa shape index (κ1) is 11.0. The Labute approximate surface area is 85.4 Å². The molecule has 14 heavy (non-hydrogen) atoms. The van der Waals surface area contributed by atoms with Crippen LogP contribution in [0.25, 0.3) is 0 Å². The molecule has 7 heteroatoms. The van der Waals surface area contributed by atoms with Crippen molar-refractivity contribution >= 4 is 33.0 Å². The monoisotopic (exact) mass is 235 g/mol. The summed E-state index contributed by atoms with van der Waals surface area (Å²) in [6, 6.07) is 1.50. The summed E-state index contributed by atoms with van der Waals surface area (Å²) in [5.74, 6) is -1.13. The number of anilines is 1. The van der Waals surface area contributed by atoms with E-state index in [1.54, 1.807) is 6.92 Å². The topological polar surface area (TPSA) is 83.5 Å². The summed E-state index contributed by atoms with van der Waals surface area (Å²) >= 11 is 1.04. The van der Waals surface area contributed by atoms with Gasteiger partial charge >= 0.3 is 5.97 Å². The molecule has 0 aliphatic rings. The number of sulfonamides is 1. The fourth-order valence-electron chi connectivity index (χ4n) is 0.949. The molecule has 5 nitrogen and oxygen atoms in total. The summed E-state index contributed by atoms with van der Waals surface area (Å²) < 4.78 is 23.9. The summed E-state index contributed by atoms with van der Waals surface area (Å²) in [5, 5.41) is 8.75. The van der Waals surface area contributed by atoms with Crippen molar-refractivity contribution in [3.63, 3.8) is 0 Å². The standard InChI is InChI=1S/C7H9NO4S2/c1-4-3-5(8-14(2,11)12)6(13-4)7(9)10/h3,8H,1-2H3,(H,9,10). The van der Waals surface area contributed by atoms with Crippen LogP contribution in [0.5, 0.6) is 0 Å². The first-order valence-electron chi connectivity index (χ1n) is 3.61. The van der Waals surface area contributed by atoms with Gasteiger partial charge in [-0.2, -0.15) is 0 Å². The molecule has 1 heterocycles. The Hall–Kier alpha value is -1.08. The highest BCUT2D eigenvalue weighted by molar-refractivity contribution is 7.92. The summed E-state index contributed by atoms with van der Waals surface area (Å²) in [5.41, 5.74) is 0.127. The van der Waals surface area contributed by atoms with Crippen LogP contribution in [0.2, 0.25) is 0 Å². The van der Waals surface area contributed by atoms with E-state index in [2.05, 4.69) is 4.72 Å². The smallest absolute Gasteiger partial charge is 0.348 e. The Balaban J connectivity index is 3.14. The van der Waals surface area contributed by atoms with Gasteiger partial charge in [-0.1, -0.05) is 0 Å². The molecule has 0 unspecified atom stereocenters. The predicted molar refractivity (Wildman–Crippen MR) is 54.5 cm³/mol. The third-order valence-corrected chi connectivity index (χ3v) is 2.97. The van der Waals surface area contributed by atoms with Crippen LogP contribution < -0.4 is 4.72 Å². The van der Waals surface area contributed by atoms with E-state index < -0.39 is 16.0 Å². The molecule has 0 aliphatic heterocycles. The van der Waals surface area contributed by atoms with Gasteiger partial charge in [-0.25, -0.2) is 13.2 Å². The predicted octanol–water partition coefficient (Wildman–Crippen LogP) is 1.13. The van der Waals surface area contributed by atoms with Crippen molar-refractivity contribution in [1.29, 1.82) is 0 Å². The first-order valence-corrected chi connectivity index (χ1v) is 6.32. The molecule has 0 amide bonds. The Morgan fingerprint density at radius 2 is 2.14 bits per heavy atom. The van der Waals surface area contributed by atoms with E-state index in [-0.39, 0.29) is 10.6 Å². The van der Waals surface area contributed by atoms with Crippen LogP contribution in [0.3, 0.4) is 0 Å². The largest absolute Gasteiger partial charge is 0.477 e. The van der Waals surface area contributed by atoms with E-state index in [0.717, 1.165) is 22.5 Å². The molecular weight excluding hydrogens is 226 g/mol. The Bertz CT molecular complexity index is 460. The molecule has 0 aromatic carbocycles. The Morgan fingerprint density at radius 1 is 1.57 bits per heavy atom. The van der Waals surface area contributed by atoms with Crippen molar-refractivity contribution in [3.05, 3.63) is 15.8 Å². The van der Waals surface area contributed by atoms with Gasteiger partial charge in [0, 0.05) is 4.88 Å². The van der Waals surface area contributed by atoms with Crippen molar-refractivity contribution in [1.82, 2.24) is 0 Å². The molecule has 0 saturated heterocycles. The summed E-state index contributed by atoms with van der Waals surface area (Å²) in [6.07, 6.45) is 0.978. The highest BCUT2D eigenvalue weighted by Gasteiger charge is 2.16. The maximum atomic E-state index is 10.9. The molecule has 78 valence electrons. The zero-order valence-electron chi connectivity index (χ0n) is 7.57. The Morgan fingerprint density at radius 3 is 2.57 bits per heavy atom. The van der Waals surface area contributed by atoms with Crippen LogP contribution in [0.1, 0.15) is 14.5 Å². The zero-order valence-corrected chi connectivity index (χ0v) is 9.20. The average molecular weight is 235 g/mol. The minimum absolute atomic E-state index is 0.00734. The number of carboxylic acid groups (broad SMARTS) is 1. The number of carbonyl (C=O) groups is 1. The number of hydrogen-bond donors (Lipinski definition) is 2. The van der Waals surface area contributed by atoms with Gasteiger partial charge in [0.05, 0.1) is 11.9 Å². The number of rotatable bonds is 3. The van der Waals surface area contributed by atoms with E-state index in [1.165, 1.54) is 6.07 Å². The van der Waals surface area contributed by atoms with Crippen molar-refractivity contribution in [2.45, 2.75) is 6.92 Å². The lowest BCUT2D eigenvalue weighted by Gasteiger charge is -2.01. The van der Waals surface area contributed by atoms with E-state index >= 15 is 0 Å². The van der Waals surface area contributed by atoms with Gasteiger partial charge in [0.15, 0.2) is 0 Å². The molecule has 0 saturated carbocycles. The van der Waals surface area contributed by atoms with Crippen molar-refractivity contribution in [2.24, 2.45) is 0 Å². The first-order chi connectivity index (χ1) is 6.29. The third-order valence-electron chi connectivity index (χ3n) is 1.34. The highest BCUT2D eigenvalue weighted by atomic mass is 32.2. The quantitative estimate of drug-likeness (QED) is 0.822. The molecule has 1 rings (SSSR count). The molecule has 0 fully saturated rings. The normalized spacial score (nSPS) is 11.3. The summed E-state index contributed by atoms with van der Waals surface area (Å²) in [4.78, 5) is 11.4. The minimum Gasteiger partial charge on any atom is -0.477 e. The van der Waals surface area contributed by atoms with Crippen molar-refractivity contribution in [3.8, 4) is 0 Å². The van der Waals surface area contributed by atoms with E-state index in [4.69, 9.17) is 5.11 Å². The molecule has 1 aromatic rings.